The van der Waals surface area contributed by atoms with Gasteiger partial charge in [-0.2, -0.15) is 4.98 Å². The Kier molecular flexibility index (Phi) is 11.3. The molecular weight excluding hydrogens is 753 g/mol. The first kappa shape index (κ1) is 42.0. The largest absolute Gasteiger partial charge is 0.497 e. The quantitative estimate of drug-likeness (QED) is 0.314. The van der Waals surface area contributed by atoms with Crippen LogP contribution in [0.4, 0.5) is 10.6 Å². The zero-order valence-electron chi connectivity index (χ0n) is 34.5. The molecule has 4 amide bonds. The van der Waals surface area contributed by atoms with Crippen molar-refractivity contribution in [2.24, 2.45) is 17.8 Å². The highest BCUT2D eigenvalue weighted by Gasteiger charge is 2.63. The fraction of sp³-hybridized carbons (Fsp3) is 0.634. The van der Waals surface area contributed by atoms with E-state index in [1.54, 1.807) is 40.9 Å². The van der Waals surface area contributed by atoms with Crippen LogP contribution in [0.2, 0.25) is 0 Å². The minimum absolute atomic E-state index is 0.00222. The molecule has 1 saturated heterocycles. The summed E-state index contributed by atoms with van der Waals surface area (Å²) in [5.74, 6) is -1.31. The van der Waals surface area contributed by atoms with E-state index in [-0.39, 0.29) is 31.2 Å². The second-order valence-electron chi connectivity index (χ2n) is 18.0. The molecule has 7 atom stereocenters. The van der Waals surface area contributed by atoms with Gasteiger partial charge in [0.05, 0.1) is 18.4 Å². The van der Waals surface area contributed by atoms with Crippen LogP contribution in [0.25, 0.3) is 10.8 Å². The van der Waals surface area contributed by atoms with Crippen molar-refractivity contribution in [3.63, 3.8) is 0 Å². The van der Waals surface area contributed by atoms with Gasteiger partial charge in [0.25, 0.3) is 5.91 Å². The molecule has 2 aliphatic heterocycles. The van der Waals surface area contributed by atoms with E-state index in [2.05, 4.69) is 17.0 Å². The van der Waals surface area contributed by atoms with Gasteiger partial charge in [-0.25, -0.2) is 13.2 Å². The number of ether oxygens (including phenoxy) is 2. The summed E-state index contributed by atoms with van der Waals surface area (Å²) in [5, 5.41) is 15.0. The molecular formula is C41H58N6O9S. The predicted octanol–water partition coefficient (Wildman–Crippen LogP) is 4.69. The van der Waals surface area contributed by atoms with Gasteiger partial charge in [-0.15, -0.1) is 0 Å². The summed E-state index contributed by atoms with van der Waals surface area (Å²) in [7, 11) is 1.25. The lowest BCUT2D eigenvalue weighted by Crippen LogP contribution is -2.62. The SMILES string of the molecule is COc1ccc2c(O[C@@H]3C[C@H]4C(=O)N[C@]5(C(=O)NS(=O)(=O)C6(C)CC6)C[C@H]5/C=C\CC[C@H](C)C[C@@H](C)[C@H](N(C(=O)O)C(C)(C)C)C(=O)N4C3)nc(N(C)C)cc2c1. The first-order valence-electron chi connectivity index (χ1n) is 19.8. The molecule has 4 aliphatic rings. The second kappa shape index (κ2) is 15.3. The Hall–Kier alpha value is -4.60. The maximum absolute atomic E-state index is 15.1. The molecule has 3 heterocycles. The molecule has 3 fully saturated rings. The molecule has 2 saturated carbocycles. The van der Waals surface area contributed by atoms with Gasteiger partial charge in [-0.05, 0) is 108 Å². The van der Waals surface area contributed by atoms with Crippen molar-refractivity contribution in [1.29, 1.82) is 0 Å². The van der Waals surface area contributed by atoms with Crippen LogP contribution in [-0.4, -0.2) is 114 Å². The Morgan fingerprint density at radius 2 is 1.81 bits per heavy atom. The Morgan fingerprint density at radius 1 is 1.11 bits per heavy atom. The molecule has 1 aromatic carbocycles. The van der Waals surface area contributed by atoms with E-state index >= 15 is 4.79 Å². The van der Waals surface area contributed by atoms with E-state index in [0.29, 0.717) is 42.6 Å². The topological polar surface area (TPSA) is 188 Å². The summed E-state index contributed by atoms with van der Waals surface area (Å²) in [6.07, 6.45) is 4.72. The molecule has 312 valence electrons. The van der Waals surface area contributed by atoms with E-state index in [1.165, 1.54) is 9.80 Å². The van der Waals surface area contributed by atoms with Crippen LogP contribution in [0.1, 0.15) is 86.5 Å². The third-order valence-electron chi connectivity index (χ3n) is 12.1. The number of nitrogens with zero attached hydrogens (tertiary/aromatic N) is 4. The number of rotatable bonds is 8. The molecule has 0 bridgehead atoms. The highest BCUT2D eigenvalue weighted by atomic mass is 32.2. The Bertz CT molecular complexity index is 2060. The maximum atomic E-state index is 15.1. The third-order valence-corrected chi connectivity index (χ3v) is 14.3. The molecule has 2 aromatic rings. The van der Waals surface area contributed by atoms with Gasteiger partial charge < -0.3 is 29.7 Å². The Balaban J connectivity index is 1.42. The van der Waals surface area contributed by atoms with Crippen LogP contribution in [0.5, 0.6) is 11.6 Å². The summed E-state index contributed by atoms with van der Waals surface area (Å²) < 4.78 is 39.8. The average Bonchev–Trinajstić information content (AvgIpc) is 4.00. The standard InChI is InChI=1S/C41H58N6O9S/c1-24-12-10-11-13-27-22-41(27,37(50)44-57(53,54)40(6)16-17-40)43-34(48)31-21-29(23-46(31)36(49)33(25(2)18-24)47(38(51)52)39(3,4)5)56-35-30-15-14-28(55-9)19-26(30)20-32(42-35)45(7)8/h11,13-15,19-20,24-25,27,29,31,33H,10,12,16-18,21-23H2,1-9H3,(H,43,48)(H,44,50)(H,51,52)/b13-11-/t24-,25+,27+,29+,31-,33-,41+/m0/s1. The highest BCUT2D eigenvalue weighted by Crippen LogP contribution is 2.48. The normalized spacial score (nSPS) is 29.5. The highest BCUT2D eigenvalue weighted by molar-refractivity contribution is 7.91. The van der Waals surface area contributed by atoms with E-state index in [1.807, 2.05) is 56.3 Å². The van der Waals surface area contributed by atoms with Crippen LogP contribution in [0, 0.1) is 17.8 Å². The van der Waals surface area contributed by atoms with E-state index in [0.717, 1.165) is 11.8 Å². The van der Waals surface area contributed by atoms with Crippen molar-refractivity contribution in [2.45, 2.75) is 121 Å². The van der Waals surface area contributed by atoms with Crippen molar-refractivity contribution in [3.8, 4) is 11.6 Å². The number of nitrogens with one attached hydrogen (secondary N) is 2. The number of amides is 4. The lowest BCUT2D eigenvalue weighted by Gasteiger charge is -2.43. The summed E-state index contributed by atoms with van der Waals surface area (Å²) in [6, 6.07) is 5.03. The number of fused-ring (bicyclic) bond motifs is 3. The summed E-state index contributed by atoms with van der Waals surface area (Å²) >= 11 is 0. The van der Waals surface area contributed by atoms with Crippen molar-refractivity contribution in [3.05, 3.63) is 36.4 Å². The fourth-order valence-electron chi connectivity index (χ4n) is 8.36. The number of aromatic nitrogens is 1. The Labute approximate surface area is 335 Å². The number of hydrogen-bond donors (Lipinski definition) is 3. The molecule has 6 rings (SSSR count). The van der Waals surface area contributed by atoms with Crippen molar-refractivity contribution >= 4 is 50.4 Å². The predicted molar refractivity (Wildman–Crippen MR) is 216 cm³/mol. The average molecular weight is 811 g/mol. The van der Waals surface area contributed by atoms with Gasteiger partial charge in [-0.1, -0.05) is 26.0 Å². The van der Waals surface area contributed by atoms with Crippen LogP contribution < -0.4 is 24.4 Å². The van der Waals surface area contributed by atoms with Gasteiger partial charge in [0, 0.05) is 37.4 Å². The van der Waals surface area contributed by atoms with Gasteiger partial charge in [0.2, 0.25) is 27.7 Å². The van der Waals surface area contributed by atoms with E-state index < -0.39 is 79.7 Å². The number of benzene rings is 1. The zero-order chi connectivity index (χ0) is 41.8. The minimum Gasteiger partial charge on any atom is -0.497 e. The number of methoxy groups -OCH3 is 1. The summed E-state index contributed by atoms with van der Waals surface area (Å²) in [5.41, 5.74) is -2.54. The molecule has 2 aliphatic carbocycles. The molecule has 0 spiro atoms. The van der Waals surface area contributed by atoms with Crippen molar-refractivity contribution in [2.75, 3.05) is 32.6 Å². The van der Waals surface area contributed by atoms with Crippen LogP contribution in [0.3, 0.4) is 0 Å². The molecule has 57 heavy (non-hydrogen) atoms. The number of carbonyl (C=O) groups is 4. The first-order valence-corrected chi connectivity index (χ1v) is 21.3. The number of sulfonamides is 1. The van der Waals surface area contributed by atoms with Gasteiger partial charge in [0.15, 0.2) is 0 Å². The number of allylic oxidation sites excluding steroid dienone is 1. The number of anilines is 1. The minimum atomic E-state index is -4.02. The first-order chi connectivity index (χ1) is 26.6. The van der Waals surface area contributed by atoms with Gasteiger partial charge in [0.1, 0.15) is 35.3 Å². The van der Waals surface area contributed by atoms with Crippen LogP contribution >= 0.6 is 0 Å². The maximum Gasteiger partial charge on any atom is 0.408 e. The fourth-order valence-corrected chi connectivity index (χ4v) is 9.67. The smallest absolute Gasteiger partial charge is 0.408 e. The van der Waals surface area contributed by atoms with Crippen LogP contribution in [0.15, 0.2) is 36.4 Å². The number of hydrogen-bond acceptors (Lipinski definition) is 10. The molecule has 3 N–H and O–H groups in total. The molecule has 16 heteroatoms. The second-order valence-corrected chi connectivity index (χ2v) is 20.2. The number of pyridine rings is 1. The van der Waals surface area contributed by atoms with Crippen molar-refractivity contribution in [1.82, 2.24) is 24.8 Å². The lowest BCUT2D eigenvalue weighted by molar-refractivity contribution is -0.146. The molecule has 0 unspecified atom stereocenters. The lowest BCUT2D eigenvalue weighted by atomic mass is 9.85. The van der Waals surface area contributed by atoms with Crippen LogP contribution in [-0.2, 0) is 24.4 Å². The Morgan fingerprint density at radius 3 is 2.42 bits per heavy atom. The zero-order valence-corrected chi connectivity index (χ0v) is 35.3. The molecule has 0 radical (unpaired) electrons. The van der Waals surface area contributed by atoms with Crippen molar-refractivity contribution < 1.29 is 42.2 Å². The molecule has 15 nitrogen and oxygen atoms in total. The van der Waals surface area contributed by atoms with E-state index in [4.69, 9.17) is 14.5 Å². The third kappa shape index (κ3) is 8.37. The summed E-state index contributed by atoms with van der Waals surface area (Å²) in [6.45, 7) is 10.7. The molecule has 1 aromatic heterocycles. The van der Waals surface area contributed by atoms with Gasteiger partial charge in [-0.3, -0.25) is 24.0 Å². The van der Waals surface area contributed by atoms with Gasteiger partial charge >= 0.3 is 6.09 Å². The number of carbonyl (C=O) groups excluding carboxylic acids is 3. The van der Waals surface area contributed by atoms with E-state index in [9.17, 15) is 27.9 Å². The number of carboxylic acid groups (broad SMARTS) is 1. The summed E-state index contributed by atoms with van der Waals surface area (Å²) in [4.78, 5) is 66.0. The monoisotopic (exact) mass is 810 g/mol.